The highest BCUT2D eigenvalue weighted by Gasteiger charge is 2.25. The van der Waals surface area contributed by atoms with Gasteiger partial charge in [0.1, 0.15) is 23.1 Å². The molecular formula is C18H33N5O6S. The summed E-state index contributed by atoms with van der Waals surface area (Å²) >= 11 is 1.43. The van der Waals surface area contributed by atoms with Gasteiger partial charge in [0, 0.05) is 12.4 Å². The number of thioether (sulfide) groups is 1. The Morgan fingerprint density at radius 2 is 1.87 bits per heavy atom. The second kappa shape index (κ2) is 12.6. The molecule has 0 aromatic carbocycles. The Morgan fingerprint density at radius 3 is 2.43 bits per heavy atom. The van der Waals surface area contributed by atoms with E-state index in [0.29, 0.717) is 6.61 Å². The minimum atomic E-state index is -0.908. The largest absolute Gasteiger partial charge is 0.444 e. The van der Waals surface area contributed by atoms with Crippen LogP contribution in [0.15, 0.2) is 0 Å². The standard InChI is InChI=1S/C18H33N5O6S/c1-11(21-17(27)29-18(2,3)4)15(25)20-9-13(24)22-12(16(26)23-19)10-30-14-7-5-6-8-28-14/h11-12,14H,5-10,19H2,1-4H3,(H,20,25)(H,21,27)(H,22,24)(H,23,26)/t11-,12-,14+/m0/s1. The van der Waals surface area contributed by atoms with Crippen LogP contribution in [-0.4, -0.2) is 65.8 Å². The Hall–Kier alpha value is -2.05. The van der Waals surface area contributed by atoms with Gasteiger partial charge in [-0.15, -0.1) is 11.8 Å². The van der Waals surface area contributed by atoms with Crippen molar-refractivity contribution in [2.75, 3.05) is 18.9 Å². The molecule has 4 amide bonds. The molecule has 0 radical (unpaired) electrons. The summed E-state index contributed by atoms with van der Waals surface area (Å²) in [5.74, 6) is 3.80. The molecule has 11 nitrogen and oxygen atoms in total. The second-order valence-electron chi connectivity index (χ2n) is 7.84. The number of hydrogen-bond acceptors (Lipinski definition) is 8. The number of hydrogen-bond donors (Lipinski definition) is 5. The summed E-state index contributed by atoms with van der Waals surface area (Å²) in [6, 6.07) is -1.78. The fourth-order valence-corrected chi connectivity index (χ4v) is 3.61. The lowest BCUT2D eigenvalue weighted by Gasteiger charge is -2.24. The molecule has 3 atom stereocenters. The highest BCUT2D eigenvalue weighted by Crippen LogP contribution is 2.23. The van der Waals surface area contributed by atoms with E-state index in [0.717, 1.165) is 19.3 Å². The van der Waals surface area contributed by atoms with Gasteiger partial charge in [0.25, 0.3) is 5.91 Å². The molecule has 0 aromatic heterocycles. The first-order chi connectivity index (χ1) is 14.0. The van der Waals surface area contributed by atoms with Gasteiger partial charge in [0.15, 0.2) is 0 Å². The molecule has 6 N–H and O–H groups in total. The molecule has 30 heavy (non-hydrogen) atoms. The molecule has 0 aromatic rings. The summed E-state index contributed by atoms with van der Waals surface area (Å²) in [6.07, 6.45) is 2.21. The molecule has 0 aliphatic carbocycles. The van der Waals surface area contributed by atoms with Gasteiger partial charge in [-0.05, 0) is 47.0 Å². The molecule has 1 rings (SSSR count). The molecule has 0 bridgehead atoms. The van der Waals surface area contributed by atoms with E-state index in [1.54, 1.807) is 20.8 Å². The van der Waals surface area contributed by atoms with Crippen LogP contribution in [0.25, 0.3) is 0 Å². The van der Waals surface area contributed by atoms with Crippen LogP contribution in [0.3, 0.4) is 0 Å². The van der Waals surface area contributed by atoms with E-state index in [2.05, 4.69) is 16.0 Å². The third-order valence-corrected chi connectivity index (χ3v) is 5.20. The summed E-state index contributed by atoms with van der Waals surface area (Å²) in [4.78, 5) is 47.9. The van der Waals surface area contributed by atoms with Crippen LogP contribution in [0, 0.1) is 0 Å². The van der Waals surface area contributed by atoms with Gasteiger partial charge >= 0.3 is 6.09 Å². The summed E-state index contributed by atoms with van der Waals surface area (Å²) in [5, 5.41) is 7.32. The molecule has 0 saturated carbocycles. The lowest BCUT2D eigenvalue weighted by Crippen LogP contribution is -2.53. The van der Waals surface area contributed by atoms with E-state index in [1.165, 1.54) is 18.7 Å². The first kappa shape index (κ1) is 26.0. The maximum absolute atomic E-state index is 12.2. The maximum Gasteiger partial charge on any atom is 0.408 e. The van der Waals surface area contributed by atoms with Gasteiger partial charge in [-0.1, -0.05) is 0 Å². The molecule has 1 saturated heterocycles. The molecule has 172 valence electrons. The van der Waals surface area contributed by atoms with Crippen LogP contribution >= 0.6 is 11.8 Å². The Kier molecular flexibility index (Phi) is 10.9. The molecular weight excluding hydrogens is 414 g/mol. The Bertz CT molecular complexity index is 606. The zero-order valence-electron chi connectivity index (χ0n) is 17.9. The van der Waals surface area contributed by atoms with E-state index in [-0.39, 0.29) is 17.7 Å². The molecule has 1 fully saturated rings. The summed E-state index contributed by atoms with van der Waals surface area (Å²) in [6.45, 7) is 6.89. The Labute approximate surface area is 180 Å². The van der Waals surface area contributed by atoms with Crippen LogP contribution in [0.2, 0.25) is 0 Å². The average molecular weight is 448 g/mol. The van der Waals surface area contributed by atoms with Crippen LogP contribution < -0.4 is 27.2 Å². The van der Waals surface area contributed by atoms with Crippen LogP contribution in [0.4, 0.5) is 4.79 Å². The number of hydrazine groups is 1. The summed E-state index contributed by atoms with van der Waals surface area (Å²) in [5.41, 5.74) is 1.31. The number of nitrogens with two attached hydrogens (primary N) is 1. The average Bonchev–Trinajstić information content (AvgIpc) is 2.67. The number of ether oxygens (including phenoxy) is 2. The van der Waals surface area contributed by atoms with Gasteiger partial charge in [0.05, 0.1) is 6.54 Å². The fraction of sp³-hybridized carbons (Fsp3) is 0.778. The minimum Gasteiger partial charge on any atom is -0.444 e. The second-order valence-corrected chi connectivity index (χ2v) is 9.04. The smallest absolute Gasteiger partial charge is 0.408 e. The minimum absolute atomic E-state index is 0.0248. The molecule has 1 aliphatic rings. The van der Waals surface area contributed by atoms with E-state index < -0.39 is 41.5 Å². The first-order valence-corrected chi connectivity index (χ1v) is 10.9. The monoisotopic (exact) mass is 447 g/mol. The van der Waals surface area contributed by atoms with Crippen LogP contribution in [0.5, 0.6) is 0 Å². The van der Waals surface area contributed by atoms with Gasteiger partial charge in [-0.2, -0.15) is 0 Å². The Morgan fingerprint density at radius 1 is 1.17 bits per heavy atom. The lowest BCUT2D eigenvalue weighted by molar-refractivity contribution is -0.129. The highest BCUT2D eigenvalue weighted by molar-refractivity contribution is 7.99. The molecule has 0 spiro atoms. The van der Waals surface area contributed by atoms with Gasteiger partial charge in [-0.25, -0.2) is 10.6 Å². The number of amides is 4. The van der Waals surface area contributed by atoms with Gasteiger partial charge in [0.2, 0.25) is 11.8 Å². The fourth-order valence-electron chi connectivity index (χ4n) is 2.45. The van der Waals surface area contributed by atoms with Crippen molar-refractivity contribution in [2.45, 2.75) is 70.1 Å². The quantitative estimate of drug-likeness (QED) is 0.184. The molecule has 0 unspecified atom stereocenters. The molecule has 1 heterocycles. The van der Waals surface area contributed by atoms with E-state index in [4.69, 9.17) is 15.3 Å². The summed E-state index contributed by atoms with van der Waals surface area (Å²) < 4.78 is 10.7. The van der Waals surface area contributed by atoms with Crippen molar-refractivity contribution >= 4 is 35.6 Å². The Balaban J connectivity index is 2.43. The summed E-state index contributed by atoms with van der Waals surface area (Å²) in [7, 11) is 0. The number of nitrogens with one attached hydrogen (secondary N) is 4. The predicted molar refractivity (Wildman–Crippen MR) is 112 cm³/mol. The third-order valence-electron chi connectivity index (χ3n) is 3.93. The van der Waals surface area contributed by atoms with Crippen molar-refractivity contribution in [3.63, 3.8) is 0 Å². The van der Waals surface area contributed by atoms with Crippen molar-refractivity contribution < 1.29 is 28.7 Å². The number of rotatable bonds is 9. The zero-order chi connectivity index (χ0) is 22.7. The van der Waals surface area contributed by atoms with Gasteiger partial charge in [-0.3, -0.25) is 19.8 Å². The van der Waals surface area contributed by atoms with E-state index in [9.17, 15) is 19.2 Å². The molecule has 12 heteroatoms. The van der Waals surface area contributed by atoms with E-state index >= 15 is 0 Å². The van der Waals surface area contributed by atoms with E-state index in [1.807, 2.05) is 5.43 Å². The number of alkyl carbamates (subject to hydrolysis) is 1. The van der Waals surface area contributed by atoms with Crippen molar-refractivity contribution in [1.29, 1.82) is 0 Å². The highest BCUT2D eigenvalue weighted by atomic mass is 32.2. The van der Waals surface area contributed by atoms with Crippen molar-refractivity contribution in [3.8, 4) is 0 Å². The maximum atomic E-state index is 12.2. The normalized spacial score (nSPS) is 18.5. The van der Waals surface area contributed by atoms with Crippen molar-refractivity contribution in [3.05, 3.63) is 0 Å². The van der Waals surface area contributed by atoms with Crippen LogP contribution in [0.1, 0.15) is 47.0 Å². The van der Waals surface area contributed by atoms with Crippen molar-refractivity contribution in [1.82, 2.24) is 21.4 Å². The number of carbonyl (C=O) groups is 4. The third kappa shape index (κ3) is 10.6. The SMILES string of the molecule is C[C@H](NC(=O)OC(C)(C)C)C(=O)NCC(=O)N[C@@H](CS[C@@H]1CCCCO1)C(=O)NN. The van der Waals surface area contributed by atoms with Crippen molar-refractivity contribution in [2.24, 2.45) is 5.84 Å². The predicted octanol–water partition coefficient (Wildman–Crippen LogP) is -0.250. The number of carbonyl (C=O) groups excluding carboxylic acids is 4. The topological polar surface area (TPSA) is 161 Å². The van der Waals surface area contributed by atoms with Gasteiger partial charge < -0.3 is 25.4 Å². The lowest BCUT2D eigenvalue weighted by atomic mass is 10.2. The van der Waals surface area contributed by atoms with Crippen LogP contribution in [-0.2, 0) is 23.9 Å². The zero-order valence-corrected chi connectivity index (χ0v) is 18.7. The molecule has 1 aliphatic heterocycles. The first-order valence-electron chi connectivity index (χ1n) is 9.82.